The smallest absolute Gasteiger partial charge is 0.223 e. The molecule has 0 N–H and O–H groups in total. The summed E-state index contributed by atoms with van der Waals surface area (Å²) in [5.41, 5.74) is 4.07. The van der Waals surface area contributed by atoms with Crippen LogP contribution in [0.15, 0.2) is 18.2 Å². The molecule has 0 bridgehead atoms. The van der Waals surface area contributed by atoms with Crippen molar-refractivity contribution in [3.63, 3.8) is 0 Å². The Morgan fingerprint density at radius 3 is 2.29 bits per heavy atom. The molecule has 1 heterocycles. The molecule has 3 heteroatoms. The maximum atomic E-state index is 12.3. The predicted molar refractivity (Wildman–Crippen MR) is 88.8 cm³/mol. The van der Waals surface area contributed by atoms with E-state index in [-0.39, 0.29) is 5.41 Å². The number of rotatable bonds is 2. The largest absolute Gasteiger partial charge is 0.368 e. The van der Waals surface area contributed by atoms with E-state index in [0.717, 1.165) is 26.2 Å². The second-order valence-electron chi connectivity index (χ2n) is 7.32. The van der Waals surface area contributed by atoms with E-state index < -0.39 is 0 Å². The molecule has 0 atom stereocenters. The summed E-state index contributed by atoms with van der Waals surface area (Å²) in [4.78, 5) is 16.7. The van der Waals surface area contributed by atoms with Crippen molar-refractivity contribution in [2.45, 2.75) is 41.0 Å². The Bertz CT molecular complexity index is 508. The number of amides is 1. The van der Waals surface area contributed by atoms with Gasteiger partial charge in [0.25, 0.3) is 0 Å². The van der Waals surface area contributed by atoms with Crippen LogP contribution in [0.1, 0.15) is 38.3 Å². The first kappa shape index (κ1) is 15.9. The van der Waals surface area contributed by atoms with Crippen molar-refractivity contribution in [2.75, 3.05) is 31.1 Å². The molecule has 0 spiro atoms. The van der Waals surface area contributed by atoms with Gasteiger partial charge in [-0.15, -0.1) is 0 Å². The first-order valence-electron chi connectivity index (χ1n) is 7.87. The first-order valence-corrected chi connectivity index (χ1v) is 7.87. The summed E-state index contributed by atoms with van der Waals surface area (Å²) in [6.45, 7) is 14.2. The highest BCUT2D eigenvalue weighted by atomic mass is 16.2. The lowest BCUT2D eigenvalue weighted by Gasteiger charge is -2.38. The Kier molecular flexibility index (Phi) is 4.60. The maximum absolute atomic E-state index is 12.3. The average molecular weight is 288 g/mol. The van der Waals surface area contributed by atoms with Gasteiger partial charge >= 0.3 is 0 Å². The zero-order valence-corrected chi connectivity index (χ0v) is 14.1. The fourth-order valence-corrected chi connectivity index (χ4v) is 2.84. The van der Waals surface area contributed by atoms with Gasteiger partial charge in [0.15, 0.2) is 0 Å². The molecular formula is C18H28N2O. The van der Waals surface area contributed by atoms with E-state index in [1.165, 1.54) is 16.8 Å². The molecular weight excluding hydrogens is 260 g/mol. The molecule has 3 nitrogen and oxygen atoms in total. The summed E-state index contributed by atoms with van der Waals surface area (Å²) in [6.07, 6.45) is 0.635. The second kappa shape index (κ2) is 6.08. The third kappa shape index (κ3) is 3.99. The number of carbonyl (C=O) groups is 1. The topological polar surface area (TPSA) is 23.6 Å². The van der Waals surface area contributed by atoms with Crippen LogP contribution < -0.4 is 4.90 Å². The summed E-state index contributed by atoms with van der Waals surface area (Å²) >= 11 is 0. The van der Waals surface area contributed by atoms with E-state index in [0.29, 0.717) is 12.3 Å². The van der Waals surface area contributed by atoms with Crippen molar-refractivity contribution in [2.24, 2.45) is 5.41 Å². The highest BCUT2D eigenvalue weighted by Crippen LogP contribution is 2.25. The molecule has 21 heavy (non-hydrogen) atoms. The van der Waals surface area contributed by atoms with Crippen molar-refractivity contribution >= 4 is 11.6 Å². The standard InChI is InChI=1S/C18H28N2O/c1-14-7-6-8-16(15(14)2)19-9-11-20(12-10-19)17(21)13-18(3,4)5/h6-8H,9-13H2,1-5H3. The minimum atomic E-state index is 0.0708. The molecule has 1 aromatic carbocycles. The molecule has 1 amide bonds. The number of aryl methyl sites for hydroxylation is 1. The third-order valence-corrected chi connectivity index (χ3v) is 4.23. The van der Waals surface area contributed by atoms with E-state index in [9.17, 15) is 4.79 Å². The minimum absolute atomic E-state index is 0.0708. The van der Waals surface area contributed by atoms with Gasteiger partial charge in [-0.3, -0.25) is 4.79 Å². The molecule has 1 aliphatic rings. The zero-order chi connectivity index (χ0) is 15.6. The predicted octanol–water partition coefficient (Wildman–Crippen LogP) is 3.39. The van der Waals surface area contributed by atoms with Crippen molar-refractivity contribution < 1.29 is 4.79 Å². The van der Waals surface area contributed by atoms with Crippen molar-refractivity contribution in [3.05, 3.63) is 29.3 Å². The fraction of sp³-hybridized carbons (Fsp3) is 0.611. The molecule has 1 aliphatic heterocycles. The van der Waals surface area contributed by atoms with Gasteiger partial charge in [-0.2, -0.15) is 0 Å². The Labute approximate surface area is 128 Å². The first-order chi connectivity index (χ1) is 9.78. The van der Waals surface area contributed by atoms with Crippen LogP contribution >= 0.6 is 0 Å². The summed E-state index contributed by atoms with van der Waals surface area (Å²) in [7, 11) is 0. The third-order valence-electron chi connectivity index (χ3n) is 4.23. The number of benzene rings is 1. The SMILES string of the molecule is Cc1cccc(N2CCN(C(=O)CC(C)(C)C)CC2)c1C. The molecule has 1 fully saturated rings. The van der Waals surface area contributed by atoms with Gasteiger partial charge in [-0.25, -0.2) is 0 Å². The number of carbonyl (C=O) groups excluding carboxylic acids is 1. The lowest BCUT2D eigenvalue weighted by atomic mass is 9.91. The Morgan fingerprint density at radius 1 is 1.10 bits per heavy atom. The van der Waals surface area contributed by atoms with E-state index in [1.54, 1.807) is 0 Å². The minimum Gasteiger partial charge on any atom is -0.368 e. The van der Waals surface area contributed by atoms with Gasteiger partial charge in [0.2, 0.25) is 5.91 Å². The van der Waals surface area contributed by atoms with Crippen molar-refractivity contribution in [3.8, 4) is 0 Å². The highest BCUT2D eigenvalue weighted by molar-refractivity contribution is 5.77. The maximum Gasteiger partial charge on any atom is 0.223 e. The Balaban J connectivity index is 1.97. The molecule has 1 aromatic rings. The molecule has 0 aromatic heterocycles. The van der Waals surface area contributed by atoms with Crippen LogP contribution in [0.2, 0.25) is 0 Å². The summed E-state index contributed by atoms with van der Waals surface area (Å²) < 4.78 is 0. The van der Waals surface area contributed by atoms with Crippen molar-refractivity contribution in [1.29, 1.82) is 0 Å². The van der Waals surface area contributed by atoms with Crippen LogP contribution in [0.5, 0.6) is 0 Å². The van der Waals surface area contributed by atoms with Gasteiger partial charge < -0.3 is 9.80 Å². The zero-order valence-electron chi connectivity index (χ0n) is 14.1. The average Bonchev–Trinajstić information content (AvgIpc) is 2.40. The molecule has 116 valence electrons. The van der Waals surface area contributed by atoms with Gasteiger partial charge in [-0.1, -0.05) is 32.9 Å². The van der Waals surface area contributed by atoms with E-state index in [2.05, 4.69) is 57.7 Å². The molecule has 0 radical (unpaired) electrons. The summed E-state index contributed by atoms with van der Waals surface area (Å²) in [5.74, 6) is 0.295. The second-order valence-corrected chi connectivity index (χ2v) is 7.32. The van der Waals surface area contributed by atoms with Crippen molar-refractivity contribution in [1.82, 2.24) is 4.90 Å². The molecule has 0 saturated carbocycles. The highest BCUT2D eigenvalue weighted by Gasteiger charge is 2.25. The molecule has 2 rings (SSSR count). The van der Waals surface area contributed by atoms with Crippen LogP contribution in [0.3, 0.4) is 0 Å². The summed E-state index contributed by atoms with van der Waals surface area (Å²) in [5, 5.41) is 0. The Morgan fingerprint density at radius 2 is 1.71 bits per heavy atom. The fourth-order valence-electron chi connectivity index (χ4n) is 2.84. The van der Waals surface area contributed by atoms with Gasteiger partial charge in [0, 0.05) is 38.3 Å². The lowest BCUT2D eigenvalue weighted by Crippen LogP contribution is -2.49. The normalized spacial score (nSPS) is 16.2. The number of piperazine rings is 1. The van der Waals surface area contributed by atoms with Gasteiger partial charge in [-0.05, 0) is 36.5 Å². The van der Waals surface area contributed by atoms with Crippen LogP contribution in [-0.4, -0.2) is 37.0 Å². The monoisotopic (exact) mass is 288 g/mol. The van der Waals surface area contributed by atoms with Crippen LogP contribution in [-0.2, 0) is 4.79 Å². The Hall–Kier alpha value is -1.51. The lowest BCUT2D eigenvalue weighted by molar-refractivity contribution is -0.133. The number of nitrogens with zero attached hydrogens (tertiary/aromatic N) is 2. The van der Waals surface area contributed by atoms with Crippen LogP contribution in [0.4, 0.5) is 5.69 Å². The van der Waals surface area contributed by atoms with E-state index in [4.69, 9.17) is 0 Å². The van der Waals surface area contributed by atoms with Gasteiger partial charge in [0.1, 0.15) is 0 Å². The molecule has 1 saturated heterocycles. The quantitative estimate of drug-likeness (QED) is 0.833. The molecule has 0 unspecified atom stereocenters. The van der Waals surface area contributed by atoms with Gasteiger partial charge in [0.05, 0.1) is 0 Å². The van der Waals surface area contributed by atoms with Crippen LogP contribution in [0, 0.1) is 19.3 Å². The molecule has 0 aliphatic carbocycles. The number of hydrogen-bond donors (Lipinski definition) is 0. The number of hydrogen-bond acceptors (Lipinski definition) is 2. The van der Waals surface area contributed by atoms with E-state index >= 15 is 0 Å². The summed E-state index contributed by atoms with van der Waals surface area (Å²) in [6, 6.07) is 6.46. The van der Waals surface area contributed by atoms with Crippen LogP contribution in [0.25, 0.3) is 0 Å². The van der Waals surface area contributed by atoms with E-state index in [1.807, 2.05) is 4.90 Å². The number of anilines is 1.